The summed E-state index contributed by atoms with van der Waals surface area (Å²) in [6.07, 6.45) is 1.53. The summed E-state index contributed by atoms with van der Waals surface area (Å²) in [5, 5.41) is 2.94. The summed E-state index contributed by atoms with van der Waals surface area (Å²) in [5.74, 6) is 0.416. The number of likely N-dealkylation sites (tertiary alicyclic amines) is 1. The molecule has 0 bridgehead atoms. The van der Waals surface area contributed by atoms with Crippen LogP contribution in [0.4, 0.5) is 5.69 Å². The van der Waals surface area contributed by atoms with Crippen LogP contribution in [0.25, 0.3) is 0 Å². The summed E-state index contributed by atoms with van der Waals surface area (Å²) in [4.78, 5) is 26.7. The maximum absolute atomic E-state index is 12.7. The quantitative estimate of drug-likeness (QED) is 0.914. The van der Waals surface area contributed by atoms with Crippen LogP contribution in [0.15, 0.2) is 54.6 Å². The van der Waals surface area contributed by atoms with Crippen LogP contribution in [0.2, 0.25) is 0 Å². The van der Waals surface area contributed by atoms with Gasteiger partial charge in [-0.1, -0.05) is 36.4 Å². The molecule has 1 aliphatic rings. The summed E-state index contributed by atoms with van der Waals surface area (Å²) in [6, 6.07) is 17.3. The number of carbonyl (C=O) groups excluding carboxylic acids is 2. The average molecular weight is 352 g/mol. The van der Waals surface area contributed by atoms with Crippen molar-refractivity contribution in [2.24, 2.45) is 5.92 Å². The zero-order valence-corrected chi connectivity index (χ0v) is 15.1. The highest BCUT2D eigenvalue weighted by Crippen LogP contribution is 2.34. The van der Waals surface area contributed by atoms with Crippen molar-refractivity contribution < 1.29 is 14.3 Å². The molecule has 0 aromatic heterocycles. The number of nitrogens with zero attached hydrogens (tertiary/aromatic N) is 1. The Labute approximate surface area is 154 Å². The fraction of sp³-hybridized carbons (Fsp3) is 0.333. The van der Waals surface area contributed by atoms with Crippen LogP contribution >= 0.6 is 0 Å². The molecule has 5 heteroatoms. The van der Waals surface area contributed by atoms with Crippen molar-refractivity contribution in [2.45, 2.75) is 25.8 Å². The van der Waals surface area contributed by atoms with E-state index in [2.05, 4.69) is 5.32 Å². The van der Waals surface area contributed by atoms with Crippen LogP contribution in [0, 0.1) is 5.92 Å². The van der Waals surface area contributed by atoms with E-state index < -0.39 is 0 Å². The van der Waals surface area contributed by atoms with Crippen molar-refractivity contribution in [3.63, 3.8) is 0 Å². The fourth-order valence-electron chi connectivity index (χ4n) is 3.50. The number of benzene rings is 2. The minimum absolute atomic E-state index is 0.00210. The number of nitrogens with one attached hydrogen (secondary N) is 1. The van der Waals surface area contributed by atoms with E-state index in [9.17, 15) is 9.59 Å². The normalized spacial score (nSPS) is 19.7. The van der Waals surface area contributed by atoms with E-state index in [0.717, 1.165) is 18.4 Å². The molecule has 1 fully saturated rings. The molecular formula is C21H24N2O3. The Hall–Kier alpha value is -2.82. The summed E-state index contributed by atoms with van der Waals surface area (Å²) >= 11 is 0. The number of piperidine rings is 1. The third kappa shape index (κ3) is 4.04. The van der Waals surface area contributed by atoms with Gasteiger partial charge in [-0.05, 0) is 30.5 Å². The second-order valence-electron chi connectivity index (χ2n) is 6.59. The Balaban J connectivity index is 1.70. The molecule has 0 radical (unpaired) electrons. The molecular weight excluding hydrogens is 328 g/mol. The molecule has 2 unspecified atom stereocenters. The minimum Gasteiger partial charge on any atom is -0.497 e. The van der Waals surface area contributed by atoms with E-state index in [1.54, 1.807) is 20.1 Å². The molecule has 0 aliphatic carbocycles. The van der Waals surface area contributed by atoms with Gasteiger partial charge in [0.05, 0.1) is 19.1 Å². The van der Waals surface area contributed by atoms with Crippen molar-refractivity contribution in [3.8, 4) is 5.75 Å². The highest BCUT2D eigenvalue weighted by Gasteiger charge is 2.34. The molecule has 3 rings (SSSR count). The molecule has 2 aromatic rings. The van der Waals surface area contributed by atoms with Crippen LogP contribution in [0.5, 0.6) is 5.75 Å². The number of hydrogen-bond donors (Lipinski definition) is 1. The smallest absolute Gasteiger partial charge is 0.229 e. The maximum Gasteiger partial charge on any atom is 0.229 e. The first-order chi connectivity index (χ1) is 12.6. The lowest BCUT2D eigenvalue weighted by molar-refractivity contribution is -0.135. The van der Waals surface area contributed by atoms with Crippen LogP contribution in [0.3, 0.4) is 0 Å². The second kappa shape index (κ2) is 8.04. The number of ether oxygens (including phenoxy) is 1. The highest BCUT2D eigenvalue weighted by atomic mass is 16.5. The van der Waals surface area contributed by atoms with E-state index >= 15 is 0 Å². The van der Waals surface area contributed by atoms with Gasteiger partial charge in [0.1, 0.15) is 5.75 Å². The molecule has 2 aromatic carbocycles. The summed E-state index contributed by atoms with van der Waals surface area (Å²) in [6.45, 7) is 2.00. The van der Waals surface area contributed by atoms with Crippen LogP contribution in [-0.4, -0.2) is 30.4 Å². The van der Waals surface area contributed by atoms with Gasteiger partial charge < -0.3 is 15.0 Å². The second-order valence-corrected chi connectivity index (χ2v) is 6.59. The molecule has 26 heavy (non-hydrogen) atoms. The van der Waals surface area contributed by atoms with Gasteiger partial charge in [-0.25, -0.2) is 0 Å². The zero-order chi connectivity index (χ0) is 18.5. The number of hydrogen-bond acceptors (Lipinski definition) is 3. The van der Waals surface area contributed by atoms with E-state index in [-0.39, 0.29) is 23.8 Å². The molecule has 1 aliphatic heterocycles. The van der Waals surface area contributed by atoms with E-state index in [1.807, 2.05) is 53.4 Å². The number of rotatable bonds is 4. The SMILES string of the molecule is COc1cccc(NC(=O)C2CCC(c3ccccc3)N(C(C)=O)C2)c1. The van der Waals surface area contributed by atoms with Crippen LogP contribution in [0.1, 0.15) is 31.4 Å². The Morgan fingerprint density at radius 3 is 2.54 bits per heavy atom. The van der Waals surface area contributed by atoms with Gasteiger partial charge in [0, 0.05) is 25.2 Å². The number of carbonyl (C=O) groups is 2. The summed E-state index contributed by atoms with van der Waals surface area (Å²) < 4.78 is 5.19. The predicted molar refractivity (Wildman–Crippen MR) is 101 cm³/mol. The Morgan fingerprint density at radius 2 is 1.85 bits per heavy atom. The average Bonchev–Trinajstić information content (AvgIpc) is 2.68. The molecule has 2 amide bonds. The van der Waals surface area contributed by atoms with Crippen molar-refractivity contribution in [1.82, 2.24) is 4.90 Å². The highest BCUT2D eigenvalue weighted by molar-refractivity contribution is 5.93. The van der Waals surface area contributed by atoms with Crippen molar-refractivity contribution in [3.05, 3.63) is 60.2 Å². The van der Waals surface area contributed by atoms with Crippen molar-refractivity contribution in [1.29, 1.82) is 0 Å². The molecule has 5 nitrogen and oxygen atoms in total. The Bertz CT molecular complexity index is 776. The standard InChI is InChI=1S/C21H24N2O3/c1-15(24)23-14-17(11-12-20(23)16-7-4-3-5-8-16)21(25)22-18-9-6-10-19(13-18)26-2/h3-10,13,17,20H,11-12,14H2,1-2H3,(H,22,25). The van der Waals surface area contributed by atoms with Crippen LogP contribution in [-0.2, 0) is 9.59 Å². The Kier molecular flexibility index (Phi) is 5.56. The summed E-state index contributed by atoms with van der Waals surface area (Å²) in [7, 11) is 1.59. The molecule has 136 valence electrons. The third-order valence-corrected chi connectivity index (χ3v) is 4.88. The molecule has 2 atom stereocenters. The third-order valence-electron chi connectivity index (χ3n) is 4.88. The molecule has 1 N–H and O–H groups in total. The van der Waals surface area contributed by atoms with E-state index in [1.165, 1.54) is 0 Å². The Morgan fingerprint density at radius 1 is 1.08 bits per heavy atom. The lowest BCUT2D eigenvalue weighted by atomic mass is 9.88. The van der Waals surface area contributed by atoms with Gasteiger partial charge in [-0.15, -0.1) is 0 Å². The molecule has 1 heterocycles. The maximum atomic E-state index is 12.7. The van der Waals surface area contributed by atoms with Gasteiger partial charge in [-0.3, -0.25) is 9.59 Å². The van der Waals surface area contributed by atoms with Gasteiger partial charge >= 0.3 is 0 Å². The topological polar surface area (TPSA) is 58.6 Å². The van der Waals surface area contributed by atoms with Gasteiger partial charge in [0.15, 0.2) is 0 Å². The number of methoxy groups -OCH3 is 1. The van der Waals surface area contributed by atoms with Gasteiger partial charge in [0.2, 0.25) is 11.8 Å². The largest absolute Gasteiger partial charge is 0.497 e. The zero-order valence-electron chi connectivity index (χ0n) is 15.1. The van der Waals surface area contributed by atoms with Crippen molar-refractivity contribution in [2.75, 3.05) is 19.0 Å². The van der Waals surface area contributed by atoms with E-state index in [0.29, 0.717) is 18.0 Å². The first-order valence-electron chi connectivity index (χ1n) is 8.85. The molecule has 0 saturated carbocycles. The van der Waals surface area contributed by atoms with E-state index in [4.69, 9.17) is 4.74 Å². The number of amides is 2. The lowest BCUT2D eigenvalue weighted by Crippen LogP contribution is -2.44. The van der Waals surface area contributed by atoms with Gasteiger partial charge in [0.25, 0.3) is 0 Å². The summed E-state index contributed by atoms with van der Waals surface area (Å²) in [5.41, 5.74) is 1.82. The van der Waals surface area contributed by atoms with Crippen molar-refractivity contribution >= 4 is 17.5 Å². The predicted octanol–water partition coefficient (Wildman–Crippen LogP) is 3.63. The molecule has 1 saturated heterocycles. The monoisotopic (exact) mass is 352 g/mol. The lowest BCUT2D eigenvalue weighted by Gasteiger charge is -2.39. The van der Waals surface area contributed by atoms with Crippen LogP contribution < -0.4 is 10.1 Å². The fourth-order valence-corrected chi connectivity index (χ4v) is 3.50. The first kappa shape index (κ1) is 18.0. The van der Waals surface area contributed by atoms with Gasteiger partial charge in [-0.2, -0.15) is 0 Å². The minimum atomic E-state index is -0.218. The number of anilines is 1. The molecule has 0 spiro atoms. The first-order valence-corrected chi connectivity index (χ1v) is 8.85.